The smallest absolute Gasteiger partial charge is 0.140 e. The fraction of sp³-hybridized carbons (Fsp3) is 0.619. The Morgan fingerprint density at radius 1 is 1.12 bits per heavy atom. The molecule has 26 heavy (non-hydrogen) atoms. The zero-order valence-electron chi connectivity index (χ0n) is 16.3. The number of aromatic nitrogens is 3. The molecule has 0 saturated heterocycles. The number of benzene rings is 1. The van der Waals surface area contributed by atoms with Gasteiger partial charge in [-0.25, -0.2) is 0 Å². The van der Waals surface area contributed by atoms with E-state index >= 15 is 0 Å². The summed E-state index contributed by atoms with van der Waals surface area (Å²) in [6.07, 6.45) is 6.89. The van der Waals surface area contributed by atoms with Gasteiger partial charge in [0.25, 0.3) is 0 Å². The molecule has 4 nitrogen and oxygen atoms in total. The molecule has 1 fully saturated rings. The van der Waals surface area contributed by atoms with E-state index < -0.39 is 0 Å². The van der Waals surface area contributed by atoms with Gasteiger partial charge in [0, 0.05) is 17.4 Å². The van der Waals surface area contributed by atoms with Crippen LogP contribution in [0.25, 0.3) is 5.69 Å². The predicted octanol–water partition coefficient (Wildman–Crippen LogP) is 5.50. The van der Waals surface area contributed by atoms with E-state index in [9.17, 15) is 0 Å². The molecular weight excluding hydrogens is 346 g/mol. The van der Waals surface area contributed by atoms with E-state index in [4.69, 9.17) is 16.3 Å². The molecule has 0 radical (unpaired) electrons. The zero-order valence-corrected chi connectivity index (χ0v) is 17.1. The molecule has 1 saturated carbocycles. The molecule has 1 heterocycles. The zero-order chi connectivity index (χ0) is 18.7. The van der Waals surface area contributed by atoms with Gasteiger partial charge in [-0.15, -0.1) is 10.2 Å². The van der Waals surface area contributed by atoms with Crippen LogP contribution in [-0.4, -0.2) is 27.0 Å². The van der Waals surface area contributed by atoms with Gasteiger partial charge >= 0.3 is 0 Å². The van der Waals surface area contributed by atoms with Gasteiger partial charge in [-0.2, -0.15) is 0 Å². The fourth-order valence-corrected chi connectivity index (χ4v) is 4.18. The highest BCUT2D eigenvalue weighted by molar-refractivity contribution is 6.30. The molecule has 0 aliphatic heterocycles. The highest BCUT2D eigenvalue weighted by Gasteiger charge is 2.28. The van der Waals surface area contributed by atoms with Crippen molar-refractivity contribution in [2.45, 2.75) is 84.3 Å². The first-order chi connectivity index (χ1) is 12.5. The number of aryl methyl sites for hydroxylation is 2. The molecular formula is C21H30ClN3O. The Morgan fingerprint density at radius 2 is 1.85 bits per heavy atom. The maximum absolute atomic E-state index is 6.22. The molecule has 1 aliphatic rings. The van der Waals surface area contributed by atoms with Crippen molar-refractivity contribution >= 4 is 11.6 Å². The van der Waals surface area contributed by atoms with Gasteiger partial charge in [0.15, 0.2) is 0 Å². The molecule has 0 N–H and O–H groups in total. The quantitative estimate of drug-likeness (QED) is 0.669. The second kappa shape index (κ2) is 8.53. The fourth-order valence-electron chi connectivity index (χ4n) is 3.98. The molecule has 0 unspecified atom stereocenters. The van der Waals surface area contributed by atoms with E-state index in [2.05, 4.69) is 54.6 Å². The number of halogens is 1. The summed E-state index contributed by atoms with van der Waals surface area (Å²) >= 11 is 6.22. The summed E-state index contributed by atoms with van der Waals surface area (Å²) in [7, 11) is 0. The molecule has 0 spiro atoms. The molecule has 1 aromatic carbocycles. The van der Waals surface area contributed by atoms with E-state index in [1.165, 1.54) is 11.3 Å². The van der Waals surface area contributed by atoms with Crippen molar-refractivity contribution in [3.63, 3.8) is 0 Å². The minimum absolute atomic E-state index is 0.299. The second-order valence-electron chi connectivity index (χ2n) is 7.45. The van der Waals surface area contributed by atoms with Crippen molar-refractivity contribution in [1.82, 2.24) is 14.8 Å². The van der Waals surface area contributed by atoms with Gasteiger partial charge in [-0.1, -0.05) is 25.4 Å². The Labute approximate surface area is 161 Å². The molecule has 2 aromatic rings. The van der Waals surface area contributed by atoms with Crippen molar-refractivity contribution in [3.8, 4) is 5.69 Å². The molecule has 5 heteroatoms. The predicted molar refractivity (Wildman–Crippen MR) is 106 cm³/mol. The SMILES string of the molecule is CCc1cc(Cl)ccc1-n1c(CC)nnc1C1CCC(OC(C)C)CC1. The largest absolute Gasteiger partial charge is 0.376 e. The molecule has 142 valence electrons. The lowest BCUT2D eigenvalue weighted by molar-refractivity contribution is -0.0151. The maximum atomic E-state index is 6.22. The lowest BCUT2D eigenvalue weighted by Gasteiger charge is -2.29. The van der Waals surface area contributed by atoms with Gasteiger partial charge in [0.05, 0.1) is 17.9 Å². The van der Waals surface area contributed by atoms with Crippen LogP contribution in [0.2, 0.25) is 5.02 Å². The number of rotatable bonds is 6. The van der Waals surface area contributed by atoms with Crippen LogP contribution in [0.15, 0.2) is 18.2 Å². The van der Waals surface area contributed by atoms with Crippen LogP contribution >= 0.6 is 11.6 Å². The highest BCUT2D eigenvalue weighted by atomic mass is 35.5. The van der Waals surface area contributed by atoms with Crippen LogP contribution in [0, 0.1) is 0 Å². The van der Waals surface area contributed by atoms with Crippen LogP contribution in [0.1, 0.15) is 76.5 Å². The van der Waals surface area contributed by atoms with Crippen LogP contribution in [0.5, 0.6) is 0 Å². The third-order valence-electron chi connectivity index (χ3n) is 5.24. The third kappa shape index (κ3) is 4.12. The molecule has 1 aromatic heterocycles. The Hall–Kier alpha value is -1.39. The Balaban J connectivity index is 1.90. The van der Waals surface area contributed by atoms with Crippen LogP contribution in [0.3, 0.4) is 0 Å². The molecule has 1 aliphatic carbocycles. The van der Waals surface area contributed by atoms with E-state index in [0.29, 0.717) is 18.1 Å². The summed E-state index contributed by atoms with van der Waals surface area (Å²) in [6, 6.07) is 6.14. The van der Waals surface area contributed by atoms with Gasteiger partial charge in [0.1, 0.15) is 11.6 Å². The lowest BCUT2D eigenvalue weighted by atomic mass is 9.86. The van der Waals surface area contributed by atoms with Crippen molar-refractivity contribution in [1.29, 1.82) is 0 Å². The van der Waals surface area contributed by atoms with Gasteiger partial charge in [0.2, 0.25) is 0 Å². The standard InChI is InChI=1S/C21H30ClN3O/c1-5-15-13-17(22)9-12-19(15)25-20(6-2)23-24-21(25)16-7-10-18(11-8-16)26-14(3)4/h9,12-14,16,18H,5-8,10-11H2,1-4H3. The third-order valence-corrected chi connectivity index (χ3v) is 5.47. The van der Waals surface area contributed by atoms with Crippen LogP contribution in [0.4, 0.5) is 0 Å². The highest BCUT2D eigenvalue weighted by Crippen LogP contribution is 2.35. The summed E-state index contributed by atoms with van der Waals surface area (Å²) in [4.78, 5) is 0. The first-order valence-electron chi connectivity index (χ1n) is 9.91. The van der Waals surface area contributed by atoms with Crippen LogP contribution in [-0.2, 0) is 17.6 Å². The average Bonchev–Trinajstić information content (AvgIpc) is 3.05. The number of ether oxygens (including phenoxy) is 1. The minimum Gasteiger partial charge on any atom is -0.376 e. The van der Waals surface area contributed by atoms with Gasteiger partial charge in [-0.05, 0) is 69.7 Å². The van der Waals surface area contributed by atoms with Crippen molar-refractivity contribution in [2.24, 2.45) is 0 Å². The van der Waals surface area contributed by atoms with E-state index in [1.54, 1.807) is 0 Å². The van der Waals surface area contributed by atoms with Gasteiger partial charge < -0.3 is 4.74 Å². The topological polar surface area (TPSA) is 39.9 Å². The molecule has 0 amide bonds. The van der Waals surface area contributed by atoms with E-state index in [-0.39, 0.29) is 0 Å². The molecule has 3 rings (SSSR count). The van der Waals surface area contributed by atoms with E-state index in [0.717, 1.165) is 55.2 Å². The first-order valence-corrected chi connectivity index (χ1v) is 10.3. The average molecular weight is 376 g/mol. The van der Waals surface area contributed by atoms with Crippen LogP contribution < -0.4 is 0 Å². The minimum atomic E-state index is 0.299. The monoisotopic (exact) mass is 375 g/mol. The maximum Gasteiger partial charge on any atom is 0.140 e. The van der Waals surface area contributed by atoms with Crippen molar-refractivity contribution in [2.75, 3.05) is 0 Å². The van der Waals surface area contributed by atoms with Crippen molar-refractivity contribution < 1.29 is 4.74 Å². The Morgan fingerprint density at radius 3 is 2.46 bits per heavy atom. The summed E-state index contributed by atoms with van der Waals surface area (Å²) in [5, 5.41) is 9.89. The second-order valence-corrected chi connectivity index (χ2v) is 7.88. The number of hydrogen-bond acceptors (Lipinski definition) is 3. The normalized spacial score (nSPS) is 20.7. The lowest BCUT2D eigenvalue weighted by Crippen LogP contribution is -2.25. The Bertz CT molecular complexity index is 733. The first kappa shape index (κ1) is 19.4. The Kier molecular flexibility index (Phi) is 6.36. The summed E-state index contributed by atoms with van der Waals surface area (Å²) in [5.74, 6) is 2.56. The number of hydrogen-bond donors (Lipinski definition) is 0. The summed E-state index contributed by atoms with van der Waals surface area (Å²) < 4.78 is 8.29. The molecule has 0 bridgehead atoms. The van der Waals surface area contributed by atoms with Crippen molar-refractivity contribution in [3.05, 3.63) is 40.4 Å². The van der Waals surface area contributed by atoms with E-state index in [1.807, 2.05) is 6.07 Å². The summed E-state index contributed by atoms with van der Waals surface area (Å²) in [6.45, 7) is 8.53. The van der Waals surface area contributed by atoms with Gasteiger partial charge in [-0.3, -0.25) is 4.57 Å². The molecule has 0 atom stereocenters. The summed E-state index contributed by atoms with van der Waals surface area (Å²) in [5.41, 5.74) is 2.42. The number of nitrogens with zero attached hydrogens (tertiary/aromatic N) is 3.